The molecule has 23 heavy (non-hydrogen) atoms. The summed E-state index contributed by atoms with van der Waals surface area (Å²) in [4.78, 5) is 16.1. The van der Waals surface area contributed by atoms with E-state index >= 15 is 0 Å². The number of carbonyl (C=O) groups excluding carboxylic acids is 1. The third-order valence-corrected chi connectivity index (χ3v) is 4.17. The van der Waals surface area contributed by atoms with Crippen LogP contribution < -0.4 is 5.32 Å². The molecule has 0 unspecified atom stereocenters. The summed E-state index contributed by atoms with van der Waals surface area (Å²) in [5.74, 6) is -0.542. The third-order valence-electron chi connectivity index (χ3n) is 4.17. The van der Waals surface area contributed by atoms with E-state index < -0.39 is 5.41 Å². The highest BCUT2D eigenvalue weighted by Crippen LogP contribution is 2.34. The van der Waals surface area contributed by atoms with Gasteiger partial charge in [-0.05, 0) is 50.6 Å². The Hall–Kier alpha value is -2.62. The Kier molecular flexibility index (Phi) is 3.68. The summed E-state index contributed by atoms with van der Waals surface area (Å²) in [7, 11) is 0. The summed E-state index contributed by atoms with van der Waals surface area (Å²) in [6.45, 7) is 5.72. The second-order valence-electron chi connectivity index (χ2n) is 6.26. The lowest BCUT2D eigenvalue weighted by atomic mass is 9.81. The van der Waals surface area contributed by atoms with Crippen molar-refractivity contribution in [2.75, 3.05) is 5.32 Å². The van der Waals surface area contributed by atoms with Crippen LogP contribution in [-0.4, -0.2) is 10.9 Å². The van der Waals surface area contributed by atoms with Crippen molar-refractivity contribution in [1.82, 2.24) is 4.98 Å². The van der Waals surface area contributed by atoms with Gasteiger partial charge >= 0.3 is 0 Å². The lowest BCUT2D eigenvalue weighted by molar-refractivity contribution is -0.120. The Balaban J connectivity index is 1.99. The largest absolute Gasteiger partial charge is 0.358 e. The van der Waals surface area contributed by atoms with Crippen molar-refractivity contribution >= 4 is 22.5 Å². The predicted molar refractivity (Wildman–Crippen MR) is 91.1 cm³/mol. The molecular formula is C19H19FN2O. The van der Waals surface area contributed by atoms with Gasteiger partial charge < -0.3 is 10.3 Å². The van der Waals surface area contributed by atoms with Gasteiger partial charge in [-0.25, -0.2) is 4.39 Å². The Morgan fingerprint density at radius 1 is 1.13 bits per heavy atom. The van der Waals surface area contributed by atoms with Gasteiger partial charge in [0, 0.05) is 22.3 Å². The van der Waals surface area contributed by atoms with E-state index in [2.05, 4.69) is 10.3 Å². The van der Waals surface area contributed by atoms with Crippen molar-refractivity contribution in [3.8, 4) is 0 Å². The number of para-hydroxylation sites is 1. The van der Waals surface area contributed by atoms with Gasteiger partial charge in [0.05, 0.1) is 5.41 Å². The van der Waals surface area contributed by atoms with Crippen LogP contribution in [0.15, 0.2) is 48.5 Å². The first kappa shape index (κ1) is 15.3. The van der Waals surface area contributed by atoms with Crippen molar-refractivity contribution in [1.29, 1.82) is 0 Å². The molecule has 2 N–H and O–H groups in total. The zero-order valence-electron chi connectivity index (χ0n) is 13.4. The quantitative estimate of drug-likeness (QED) is 0.733. The van der Waals surface area contributed by atoms with Crippen LogP contribution in [0.3, 0.4) is 0 Å². The molecule has 0 spiro atoms. The summed E-state index contributed by atoms with van der Waals surface area (Å²) in [5.41, 5.74) is 2.63. The number of amides is 1. The topological polar surface area (TPSA) is 44.9 Å². The fourth-order valence-corrected chi connectivity index (χ4v) is 3.05. The number of carbonyl (C=O) groups is 1. The van der Waals surface area contributed by atoms with Crippen LogP contribution in [0.25, 0.3) is 10.9 Å². The second-order valence-corrected chi connectivity index (χ2v) is 6.26. The molecule has 3 aromatic rings. The van der Waals surface area contributed by atoms with Crippen LogP contribution in [0, 0.1) is 12.7 Å². The Morgan fingerprint density at radius 3 is 2.61 bits per heavy atom. The minimum absolute atomic E-state index is 0.170. The van der Waals surface area contributed by atoms with Gasteiger partial charge in [0.1, 0.15) is 5.82 Å². The van der Waals surface area contributed by atoms with Crippen LogP contribution in [-0.2, 0) is 10.2 Å². The molecule has 0 aliphatic carbocycles. The predicted octanol–water partition coefficient (Wildman–Crippen LogP) is 4.53. The summed E-state index contributed by atoms with van der Waals surface area (Å²) >= 11 is 0. The van der Waals surface area contributed by atoms with Crippen LogP contribution in [0.2, 0.25) is 0 Å². The van der Waals surface area contributed by atoms with Gasteiger partial charge in [0.15, 0.2) is 0 Å². The third kappa shape index (κ3) is 2.72. The molecular weight excluding hydrogens is 291 g/mol. The normalized spacial score (nSPS) is 11.7. The molecule has 4 heteroatoms. The molecule has 0 fully saturated rings. The van der Waals surface area contributed by atoms with Gasteiger partial charge in [-0.1, -0.05) is 24.3 Å². The Labute approximate surface area is 134 Å². The van der Waals surface area contributed by atoms with E-state index in [0.717, 1.165) is 22.2 Å². The summed E-state index contributed by atoms with van der Waals surface area (Å²) in [6, 6.07) is 13.8. The SMILES string of the molecule is Cc1[nH]c2ccccc2c1C(C)(C)C(=O)Nc1cccc(F)c1. The van der Waals surface area contributed by atoms with E-state index in [-0.39, 0.29) is 11.7 Å². The number of aryl methyl sites for hydroxylation is 1. The standard InChI is InChI=1S/C19H19FN2O/c1-12-17(15-9-4-5-10-16(15)21-12)19(2,3)18(23)22-14-8-6-7-13(20)11-14/h4-11,21H,1-3H3,(H,22,23). The fourth-order valence-electron chi connectivity index (χ4n) is 3.05. The van der Waals surface area contributed by atoms with E-state index in [1.165, 1.54) is 12.1 Å². The number of anilines is 1. The molecule has 0 bridgehead atoms. The summed E-state index contributed by atoms with van der Waals surface area (Å²) < 4.78 is 13.3. The number of hydrogen-bond donors (Lipinski definition) is 2. The maximum atomic E-state index is 13.3. The fraction of sp³-hybridized carbons (Fsp3) is 0.211. The molecule has 1 amide bonds. The molecule has 0 aliphatic rings. The summed E-state index contributed by atoms with van der Waals surface area (Å²) in [5, 5.41) is 3.84. The number of halogens is 1. The number of nitrogens with one attached hydrogen (secondary N) is 2. The van der Waals surface area contributed by atoms with E-state index in [0.29, 0.717) is 5.69 Å². The molecule has 1 aromatic heterocycles. The minimum Gasteiger partial charge on any atom is -0.358 e. The van der Waals surface area contributed by atoms with E-state index in [1.807, 2.05) is 45.0 Å². The number of aromatic amines is 1. The average molecular weight is 310 g/mol. The highest BCUT2D eigenvalue weighted by Gasteiger charge is 2.34. The first-order valence-corrected chi connectivity index (χ1v) is 7.54. The zero-order valence-corrected chi connectivity index (χ0v) is 13.4. The minimum atomic E-state index is -0.754. The molecule has 0 saturated heterocycles. The van der Waals surface area contributed by atoms with Crippen LogP contribution in [0.4, 0.5) is 10.1 Å². The molecule has 3 rings (SSSR count). The van der Waals surface area contributed by atoms with E-state index in [1.54, 1.807) is 12.1 Å². The average Bonchev–Trinajstić information content (AvgIpc) is 2.83. The smallest absolute Gasteiger partial charge is 0.234 e. The molecule has 0 atom stereocenters. The van der Waals surface area contributed by atoms with Crippen molar-refractivity contribution in [3.63, 3.8) is 0 Å². The van der Waals surface area contributed by atoms with Gasteiger partial charge in [-0.15, -0.1) is 0 Å². The molecule has 1 heterocycles. The molecule has 3 nitrogen and oxygen atoms in total. The maximum absolute atomic E-state index is 13.3. The highest BCUT2D eigenvalue weighted by molar-refractivity contribution is 6.02. The number of hydrogen-bond acceptors (Lipinski definition) is 1. The van der Waals surface area contributed by atoms with E-state index in [9.17, 15) is 9.18 Å². The van der Waals surface area contributed by atoms with Crippen LogP contribution in [0.1, 0.15) is 25.1 Å². The highest BCUT2D eigenvalue weighted by atomic mass is 19.1. The van der Waals surface area contributed by atoms with Gasteiger partial charge in [0.25, 0.3) is 0 Å². The van der Waals surface area contributed by atoms with Gasteiger partial charge in [0.2, 0.25) is 5.91 Å². The Bertz CT molecular complexity index is 880. The summed E-state index contributed by atoms with van der Waals surface area (Å²) in [6.07, 6.45) is 0. The number of benzene rings is 2. The first-order valence-electron chi connectivity index (χ1n) is 7.54. The zero-order chi connectivity index (χ0) is 16.6. The number of aromatic nitrogens is 1. The molecule has 0 aliphatic heterocycles. The number of fused-ring (bicyclic) bond motifs is 1. The van der Waals surface area contributed by atoms with E-state index in [4.69, 9.17) is 0 Å². The molecule has 2 aromatic carbocycles. The second kappa shape index (κ2) is 5.54. The van der Waals surface area contributed by atoms with Crippen molar-refractivity contribution in [2.45, 2.75) is 26.2 Å². The van der Waals surface area contributed by atoms with Crippen LogP contribution >= 0.6 is 0 Å². The lowest BCUT2D eigenvalue weighted by Crippen LogP contribution is -2.35. The molecule has 118 valence electrons. The monoisotopic (exact) mass is 310 g/mol. The van der Waals surface area contributed by atoms with Crippen LogP contribution in [0.5, 0.6) is 0 Å². The first-order chi connectivity index (χ1) is 10.9. The molecule has 0 radical (unpaired) electrons. The van der Waals surface area contributed by atoms with Gasteiger partial charge in [-0.2, -0.15) is 0 Å². The van der Waals surface area contributed by atoms with Crippen molar-refractivity contribution < 1.29 is 9.18 Å². The molecule has 0 saturated carbocycles. The van der Waals surface area contributed by atoms with Crippen molar-refractivity contribution in [3.05, 3.63) is 65.6 Å². The lowest BCUT2D eigenvalue weighted by Gasteiger charge is -2.24. The number of rotatable bonds is 3. The van der Waals surface area contributed by atoms with Crippen molar-refractivity contribution in [2.24, 2.45) is 0 Å². The van der Waals surface area contributed by atoms with Gasteiger partial charge in [-0.3, -0.25) is 4.79 Å². The number of H-pyrrole nitrogens is 1. The Morgan fingerprint density at radius 2 is 1.87 bits per heavy atom. The maximum Gasteiger partial charge on any atom is 0.234 e.